The highest BCUT2D eigenvalue weighted by Crippen LogP contribution is 2.25. The van der Waals surface area contributed by atoms with Crippen molar-refractivity contribution in [1.29, 1.82) is 0 Å². The molecule has 4 heteroatoms. The van der Waals surface area contributed by atoms with Gasteiger partial charge >= 0.3 is 5.97 Å². The smallest absolute Gasteiger partial charge is 0.316 e. The second kappa shape index (κ2) is 5.12. The van der Waals surface area contributed by atoms with Gasteiger partial charge in [-0.05, 0) is 55.0 Å². The van der Waals surface area contributed by atoms with Crippen molar-refractivity contribution < 1.29 is 13.9 Å². The summed E-state index contributed by atoms with van der Waals surface area (Å²) in [7, 11) is 0. The molecule has 0 amide bonds. The van der Waals surface area contributed by atoms with Gasteiger partial charge in [0.1, 0.15) is 11.6 Å². The van der Waals surface area contributed by atoms with Crippen molar-refractivity contribution in [1.82, 2.24) is 0 Å². The van der Waals surface area contributed by atoms with Crippen LogP contribution < -0.4 is 4.74 Å². The fourth-order valence-corrected chi connectivity index (χ4v) is 1.58. The molecule has 0 aliphatic carbocycles. The molecule has 0 aliphatic heterocycles. The highest BCUT2D eigenvalue weighted by atomic mass is 127. The Labute approximate surface area is 108 Å². The number of benzene rings is 1. The van der Waals surface area contributed by atoms with E-state index in [4.69, 9.17) is 4.74 Å². The van der Waals surface area contributed by atoms with E-state index in [1.807, 2.05) is 29.5 Å². The summed E-state index contributed by atoms with van der Waals surface area (Å²) in [6, 6.07) is 4.22. The first-order chi connectivity index (χ1) is 7.35. The minimum atomic E-state index is -0.544. The lowest BCUT2D eigenvalue weighted by molar-refractivity contribution is -0.144. The van der Waals surface area contributed by atoms with Crippen molar-refractivity contribution >= 4 is 28.6 Å². The minimum absolute atomic E-state index is 0.260. The Balaban J connectivity index is 2.85. The Morgan fingerprint density at radius 2 is 2.06 bits per heavy atom. The number of hydrogen-bond donors (Lipinski definition) is 0. The molecule has 1 aromatic rings. The third-order valence-electron chi connectivity index (χ3n) is 2.48. The highest BCUT2D eigenvalue weighted by molar-refractivity contribution is 14.1. The molecule has 1 aromatic carbocycles. The van der Waals surface area contributed by atoms with Gasteiger partial charge in [0.2, 0.25) is 0 Å². The van der Waals surface area contributed by atoms with Gasteiger partial charge in [0.05, 0.1) is 5.41 Å². The fourth-order valence-electron chi connectivity index (χ4n) is 0.977. The van der Waals surface area contributed by atoms with Crippen LogP contribution in [0.2, 0.25) is 0 Å². The zero-order valence-electron chi connectivity index (χ0n) is 9.51. The van der Waals surface area contributed by atoms with Crippen LogP contribution in [0, 0.1) is 14.8 Å². The summed E-state index contributed by atoms with van der Waals surface area (Å²) in [5.74, 6) is -0.476. The summed E-state index contributed by atoms with van der Waals surface area (Å²) in [6.07, 6.45) is 0.679. The van der Waals surface area contributed by atoms with E-state index in [0.29, 0.717) is 9.99 Å². The molecule has 0 fully saturated rings. The molecule has 0 aliphatic rings. The summed E-state index contributed by atoms with van der Waals surface area (Å²) in [4.78, 5) is 11.7. The van der Waals surface area contributed by atoms with Gasteiger partial charge in [0.25, 0.3) is 0 Å². The Morgan fingerprint density at radius 3 is 2.56 bits per heavy atom. The average molecular weight is 336 g/mol. The van der Waals surface area contributed by atoms with Crippen LogP contribution in [0.3, 0.4) is 0 Å². The van der Waals surface area contributed by atoms with Gasteiger partial charge in [-0.1, -0.05) is 6.92 Å². The normalized spacial score (nSPS) is 11.3. The second-order valence-electron chi connectivity index (χ2n) is 4.23. The van der Waals surface area contributed by atoms with Crippen LogP contribution in [-0.4, -0.2) is 5.97 Å². The molecule has 1 rings (SSSR count). The Kier molecular flexibility index (Phi) is 4.29. The quantitative estimate of drug-likeness (QED) is 0.477. The van der Waals surface area contributed by atoms with Crippen molar-refractivity contribution in [2.45, 2.75) is 27.2 Å². The van der Waals surface area contributed by atoms with E-state index >= 15 is 0 Å². The van der Waals surface area contributed by atoms with E-state index in [1.54, 1.807) is 19.9 Å². The van der Waals surface area contributed by atoms with Gasteiger partial charge in [0, 0.05) is 9.64 Å². The van der Waals surface area contributed by atoms with Crippen LogP contribution in [0.4, 0.5) is 4.39 Å². The molecular weight excluding hydrogens is 322 g/mol. The summed E-state index contributed by atoms with van der Waals surface area (Å²) >= 11 is 1.98. The van der Waals surface area contributed by atoms with Crippen LogP contribution in [0.15, 0.2) is 18.2 Å². The summed E-state index contributed by atoms with van der Waals surface area (Å²) in [5, 5.41) is 0. The molecule has 0 heterocycles. The second-order valence-corrected chi connectivity index (χ2v) is 5.48. The molecule has 0 unspecified atom stereocenters. The lowest BCUT2D eigenvalue weighted by Crippen LogP contribution is -2.28. The number of carbonyl (C=O) groups excluding carboxylic acids is 1. The number of ether oxygens (including phenoxy) is 1. The fraction of sp³-hybridized carbons (Fsp3) is 0.417. The number of esters is 1. The van der Waals surface area contributed by atoms with Crippen LogP contribution in [0.1, 0.15) is 27.2 Å². The van der Waals surface area contributed by atoms with Gasteiger partial charge in [-0.3, -0.25) is 4.79 Å². The zero-order chi connectivity index (χ0) is 12.3. The third kappa shape index (κ3) is 3.43. The lowest BCUT2D eigenvalue weighted by atomic mass is 9.91. The monoisotopic (exact) mass is 336 g/mol. The van der Waals surface area contributed by atoms with Crippen LogP contribution in [0.25, 0.3) is 0 Å². The van der Waals surface area contributed by atoms with Crippen molar-refractivity contribution in [2.75, 3.05) is 0 Å². The molecule has 16 heavy (non-hydrogen) atoms. The first-order valence-corrected chi connectivity index (χ1v) is 6.11. The van der Waals surface area contributed by atoms with Crippen molar-refractivity contribution in [3.05, 3.63) is 27.6 Å². The topological polar surface area (TPSA) is 26.3 Å². The van der Waals surface area contributed by atoms with Gasteiger partial charge in [0.15, 0.2) is 0 Å². The summed E-state index contributed by atoms with van der Waals surface area (Å²) in [6.45, 7) is 5.52. The molecule has 0 saturated heterocycles. The van der Waals surface area contributed by atoms with Crippen LogP contribution in [-0.2, 0) is 4.79 Å². The standard InChI is InChI=1S/C12H14FIO2/c1-4-12(2,3)11(15)16-10-6-8(13)5-9(14)7-10/h5-7H,4H2,1-3H3. The third-order valence-corrected chi connectivity index (χ3v) is 3.11. The Bertz CT molecular complexity index is 382. The molecule has 0 saturated carbocycles. The van der Waals surface area contributed by atoms with E-state index in [9.17, 15) is 9.18 Å². The van der Waals surface area contributed by atoms with E-state index in [0.717, 1.165) is 0 Å². The number of rotatable bonds is 3. The van der Waals surface area contributed by atoms with Crippen molar-refractivity contribution in [3.8, 4) is 5.75 Å². The maximum atomic E-state index is 13.1. The van der Waals surface area contributed by atoms with Crippen LogP contribution in [0.5, 0.6) is 5.75 Å². The van der Waals surface area contributed by atoms with Crippen molar-refractivity contribution in [2.24, 2.45) is 5.41 Å². The largest absolute Gasteiger partial charge is 0.426 e. The molecule has 88 valence electrons. The number of carbonyl (C=O) groups is 1. The van der Waals surface area contributed by atoms with E-state index < -0.39 is 11.2 Å². The van der Waals surface area contributed by atoms with Crippen molar-refractivity contribution in [3.63, 3.8) is 0 Å². The molecule has 0 atom stereocenters. The predicted octanol–water partition coefficient (Wildman–Crippen LogP) is 3.77. The van der Waals surface area contributed by atoms with Gasteiger partial charge in [-0.15, -0.1) is 0 Å². The van der Waals surface area contributed by atoms with Gasteiger partial charge in [-0.2, -0.15) is 0 Å². The lowest BCUT2D eigenvalue weighted by Gasteiger charge is -2.20. The first kappa shape index (κ1) is 13.4. The molecule has 0 spiro atoms. The summed E-state index contributed by atoms with van der Waals surface area (Å²) in [5.41, 5.74) is -0.544. The predicted molar refractivity (Wildman–Crippen MR) is 68.8 cm³/mol. The van der Waals surface area contributed by atoms with E-state index in [1.165, 1.54) is 12.1 Å². The maximum absolute atomic E-state index is 13.1. The number of halogens is 2. The van der Waals surface area contributed by atoms with Gasteiger partial charge in [-0.25, -0.2) is 4.39 Å². The molecular formula is C12H14FIO2. The summed E-state index contributed by atoms with van der Waals surface area (Å²) < 4.78 is 18.9. The molecule has 0 aromatic heterocycles. The molecule has 2 nitrogen and oxygen atoms in total. The highest BCUT2D eigenvalue weighted by Gasteiger charge is 2.27. The Morgan fingerprint density at radius 1 is 1.44 bits per heavy atom. The molecule has 0 N–H and O–H groups in total. The number of hydrogen-bond acceptors (Lipinski definition) is 2. The van der Waals surface area contributed by atoms with E-state index in [-0.39, 0.29) is 11.7 Å². The van der Waals surface area contributed by atoms with Crippen LogP contribution >= 0.6 is 22.6 Å². The minimum Gasteiger partial charge on any atom is -0.426 e. The first-order valence-electron chi connectivity index (χ1n) is 5.03. The van der Waals surface area contributed by atoms with Gasteiger partial charge < -0.3 is 4.74 Å². The Hall–Kier alpha value is -0.650. The zero-order valence-corrected chi connectivity index (χ0v) is 11.7. The molecule has 0 radical (unpaired) electrons. The van der Waals surface area contributed by atoms with E-state index in [2.05, 4.69) is 0 Å². The molecule has 0 bridgehead atoms. The SMILES string of the molecule is CCC(C)(C)C(=O)Oc1cc(F)cc(I)c1. The average Bonchev–Trinajstić information content (AvgIpc) is 2.15. The maximum Gasteiger partial charge on any atom is 0.316 e.